The molecule has 0 radical (unpaired) electrons. The molecule has 8 heteroatoms. The summed E-state index contributed by atoms with van der Waals surface area (Å²) in [6.45, 7) is 4.40. The van der Waals surface area contributed by atoms with Gasteiger partial charge in [-0.25, -0.2) is 9.59 Å². The number of rotatable bonds is 7. The molecule has 5 aliphatic rings. The first-order valence-corrected chi connectivity index (χ1v) is 16.2. The molecule has 3 fully saturated rings. The summed E-state index contributed by atoms with van der Waals surface area (Å²) in [6, 6.07) is 12.4. The lowest BCUT2D eigenvalue weighted by molar-refractivity contribution is 0.0739. The normalized spacial score (nSPS) is 27.1. The number of fused-ring (bicyclic) bond motifs is 2. The number of nitrogens with one attached hydrogen (secondary N) is 1. The average Bonchev–Trinajstić information content (AvgIpc) is 3.79. The van der Waals surface area contributed by atoms with Crippen LogP contribution in [0.25, 0.3) is 0 Å². The van der Waals surface area contributed by atoms with Crippen molar-refractivity contribution in [2.75, 3.05) is 24.3 Å². The number of carbonyl (C=O) groups excluding carboxylic acids is 2. The Hall–Kier alpha value is -2.44. The third-order valence-electron chi connectivity index (χ3n) is 9.98. The van der Waals surface area contributed by atoms with Gasteiger partial charge < -0.3 is 15.1 Å². The van der Waals surface area contributed by atoms with E-state index in [1.54, 1.807) is 0 Å². The van der Waals surface area contributed by atoms with Gasteiger partial charge in [0.25, 0.3) is 0 Å². The minimum Gasteiger partial charge on any atom is -0.317 e. The van der Waals surface area contributed by atoms with E-state index in [-0.39, 0.29) is 23.1 Å². The van der Waals surface area contributed by atoms with Crippen LogP contribution in [0.1, 0.15) is 89.2 Å². The van der Waals surface area contributed by atoms with Gasteiger partial charge in [-0.1, -0.05) is 49.9 Å². The highest BCUT2D eigenvalue weighted by Crippen LogP contribution is 2.59. The van der Waals surface area contributed by atoms with Crippen molar-refractivity contribution >= 4 is 46.6 Å². The number of urea groups is 2. The maximum absolute atomic E-state index is 13.1. The van der Waals surface area contributed by atoms with Gasteiger partial charge in [0.05, 0.1) is 16.8 Å². The largest absolute Gasteiger partial charge is 0.325 e. The van der Waals surface area contributed by atoms with Crippen molar-refractivity contribution in [3.05, 3.63) is 57.6 Å². The molecule has 220 valence electrons. The average molecular weight is 598 g/mol. The van der Waals surface area contributed by atoms with E-state index in [1.165, 1.54) is 36.8 Å². The highest BCUT2D eigenvalue weighted by Gasteiger charge is 2.59. The van der Waals surface area contributed by atoms with Crippen LogP contribution in [0.15, 0.2) is 36.4 Å². The monoisotopic (exact) mass is 596 g/mol. The molecule has 2 unspecified atom stereocenters. The van der Waals surface area contributed by atoms with Crippen molar-refractivity contribution in [1.29, 1.82) is 0 Å². The Bertz CT molecular complexity index is 1350. The number of amides is 4. The molecule has 2 aromatic carbocycles. The molecule has 4 amide bonds. The van der Waals surface area contributed by atoms with Gasteiger partial charge in [-0.15, -0.1) is 0 Å². The highest BCUT2D eigenvalue weighted by molar-refractivity contribution is 6.31. The van der Waals surface area contributed by atoms with Crippen LogP contribution in [0.2, 0.25) is 10.0 Å². The second kappa shape index (κ2) is 10.7. The van der Waals surface area contributed by atoms with Crippen LogP contribution in [0.4, 0.5) is 21.0 Å². The third kappa shape index (κ3) is 4.70. The van der Waals surface area contributed by atoms with E-state index in [0.717, 1.165) is 59.9 Å². The summed E-state index contributed by atoms with van der Waals surface area (Å²) in [4.78, 5) is 31.3. The molecule has 0 aromatic heterocycles. The lowest BCUT2D eigenvalue weighted by Crippen LogP contribution is -2.60. The SMILES string of the molecule is CCCC1(C2CC2)c2cc(Cl)ccc2N(C)C(=O)N1C1CC1.CCCC1(C2CC2)c2cc(Cl)ccc2NC(=O)N1C. The number of hydrogen-bond donors (Lipinski definition) is 1. The van der Waals surface area contributed by atoms with Crippen LogP contribution in [0, 0.1) is 11.8 Å². The summed E-state index contributed by atoms with van der Waals surface area (Å²) in [5, 5.41) is 4.48. The van der Waals surface area contributed by atoms with E-state index in [2.05, 4.69) is 30.1 Å². The number of hydrogen-bond acceptors (Lipinski definition) is 2. The maximum atomic E-state index is 13.1. The van der Waals surface area contributed by atoms with Gasteiger partial charge in [0.2, 0.25) is 0 Å². The Morgan fingerprint density at radius 1 is 0.805 bits per heavy atom. The molecule has 2 heterocycles. The van der Waals surface area contributed by atoms with Crippen molar-refractivity contribution in [2.24, 2.45) is 11.8 Å². The first-order chi connectivity index (χ1) is 19.7. The summed E-state index contributed by atoms with van der Waals surface area (Å²) < 4.78 is 0. The number of anilines is 2. The van der Waals surface area contributed by atoms with E-state index < -0.39 is 0 Å². The third-order valence-corrected chi connectivity index (χ3v) is 10.5. The summed E-state index contributed by atoms with van der Waals surface area (Å²) in [5.41, 5.74) is 4.14. The second-order valence-corrected chi connectivity index (χ2v) is 13.6. The Kier molecular flexibility index (Phi) is 7.47. The number of carbonyl (C=O) groups is 2. The molecule has 3 saturated carbocycles. The molecule has 6 nitrogen and oxygen atoms in total. The van der Waals surface area contributed by atoms with Crippen LogP contribution in [-0.4, -0.2) is 42.0 Å². The quantitative estimate of drug-likeness (QED) is 0.346. The first kappa shape index (κ1) is 28.7. The molecular formula is C33H42Cl2N4O2. The minimum absolute atomic E-state index is 0.00447. The fourth-order valence-corrected chi connectivity index (χ4v) is 8.18. The van der Waals surface area contributed by atoms with Crippen LogP contribution in [0.5, 0.6) is 0 Å². The van der Waals surface area contributed by atoms with Gasteiger partial charge >= 0.3 is 12.1 Å². The van der Waals surface area contributed by atoms with E-state index in [1.807, 2.05) is 54.2 Å². The molecule has 2 aromatic rings. The van der Waals surface area contributed by atoms with E-state index in [4.69, 9.17) is 23.2 Å². The van der Waals surface area contributed by atoms with Gasteiger partial charge in [-0.05, 0) is 99.6 Å². The Labute approximate surface area is 254 Å². The molecule has 2 aliphatic heterocycles. The molecule has 0 saturated heterocycles. The summed E-state index contributed by atoms with van der Waals surface area (Å²) in [5.74, 6) is 1.17. The predicted octanol–water partition coefficient (Wildman–Crippen LogP) is 9.00. The van der Waals surface area contributed by atoms with Crippen molar-refractivity contribution in [3.63, 3.8) is 0 Å². The van der Waals surface area contributed by atoms with Gasteiger partial charge in [0.15, 0.2) is 0 Å². The van der Waals surface area contributed by atoms with Crippen LogP contribution >= 0.6 is 23.2 Å². The molecular weight excluding hydrogens is 555 g/mol. The van der Waals surface area contributed by atoms with E-state index in [9.17, 15) is 9.59 Å². The van der Waals surface area contributed by atoms with Crippen molar-refractivity contribution < 1.29 is 9.59 Å². The van der Waals surface area contributed by atoms with Gasteiger partial charge in [-0.3, -0.25) is 4.90 Å². The van der Waals surface area contributed by atoms with Gasteiger partial charge in [0.1, 0.15) is 0 Å². The first-order valence-electron chi connectivity index (χ1n) is 15.4. The second-order valence-electron chi connectivity index (χ2n) is 12.7. The zero-order chi connectivity index (χ0) is 29.1. The standard InChI is InChI=1S/C18H23ClN2O.C15H19ClN2O/c1-3-10-18(12-4-5-12)15-11-13(19)6-9-16(15)20(2)17(22)21(18)14-7-8-14;1-3-8-15(10-4-5-10)12-9-11(16)6-7-13(12)17-14(19)18(15)2/h6,9,11-12,14H,3-5,7-8,10H2,1-2H3;6-7,9-10H,3-5,8H2,1-2H3,(H,17,19). The number of halogens is 2. The fraction of sp³-hybridized carbons (Fsp3) is 0.576. The number of nitrogens with zero attached hydrogens (tertiary/aromatic N) is 3. The van der Waals surface area contributed by atoms with Gasteiger partial charge in [0, 0.05) is 47.0 Å². The topological polar surface area (TPSA) is 55.9 Å². The van der Waals surface area contributed by atoms with E-state index in [0.29, 0.717) is 17.9 Å². The maximum Gasteiger partial charge on any atom is 0.325 e. The summed E-state index contributed by atoms with van der Waals surface area (Å²) >= 11 is 12.5. The van der Waals surface area contributed by atoms with Gasteiger partial charge in [-0.2, -0.15) is 0 Å². The van der Waals surface area contributed by atoms with Crippen LogP contribution < -0.4 is 10.2 Å². The van der Waals surface area contributed by atoms with Crippen LogP contribution in [-0.2, 0) is 11.1 Å². The Morgan fingerprint density at radius 3 is 1.95 bits per heavy atom. The summed E-state index contributed by atoms with van der Waals surface area (Å²) in [6.07, 6.45) is 11.3. The summed E-state index contributed by atoms with van der Waals surface area (Å²) in [7, 11) is 3.81. The smallest absolute Gasteiger partial charge is 0.317 e. The molecule has 3 aliphatic carbocycles. The fourth-order valence-electron chi connectivity index (χ4n) is 7.83. The predicted molar refractivity (Wildman–Crippen MR) is 167 cm³/mol. The Balaban J connectivity index is 0.000000149. The van der Waals surface area contributed by atoms with Crippen molar-refractivity contribution in [2.45, 2.75) is 95.2 Å². The van der Waals surface area contributed by atoms with Crippen molar-refractivity contribution in [1.82, 2.24) is 9.80 Å². The van der Waals surface area contributed by atoms with Crippen LogP contribution in [0.3, 0.4) is 0 Å². The highest BCUT2D eigenvalue weighted by atomic mass is 35.5. The zero-order valence-electron chi connectivity index (χ0n) is 24.7. The molecule has 0 spiro atoms. The van der Waals surface area contributed by atoms with E-state index >= 15 is 0 Å². The van der Waals surface area contributed by atoms with Crippen molar-refractivity contribution in [3.8, 4) is 0 Å². The minimum atomic E-state index is -0.169. The molecule has 41 heavy (non-hydrogen) atoms. The lowest BCUT2D eigenvalue weighted by Gasteiger charge is -2.51. The molecule has 7 rings (SSSR count). The molecule has 2 atom stereocenters. The lowest BCUT2D eigenvalue weighted by atomic mass is 9.76. The number of benzene rings is 2. The Morgan fingerprint density at radius 2 is 1.37 bits per heavy atom. The molecule has 1 N–H and O–H groups in total. The zero-order valence-corrected chi connectivity index (χ0v) is 26.2. The molecule has 0 bridgehead atoms.